The summed E-state index contributed by atoms with van der Waals surface area (Å²) in [6, 6.07) is 7.41. The molecule has 2 aliphatic rings. The Kier molecular flexibility index (Phi) is 3.79. The molecular weight excluding hydrogens is 234 g/mol. The fraction of sp³-hybridized carbons (Fsp3) is 0.647. The number of rotatable bonds is 5. The molecule has 2 atom stereocenters. The molecule has 0 heterocycles. The standard InChI is InChI=1S/C17H25NO/c1-12-10-15(19-2)8-9-16(12)17-5-3-4-13(17)11-18-14-6-7-14/h8-10,13-14,17-18H,3-7,11H2,1-2H3. The van der Waals surface area contributed by atoms with E-state index in [1.807, 2.05) is 0 Å². The van der Waals surface area contributed by atoms with Gasteiger partial charge < -0.3 is 10.1 Å². The summed E-state index contributed by atoms with van der Waals surface area (Å²) >= 11 is 0. The van der Waals surface area contributed by atoms with Crippen molar-refractivity contribution >= 4 is 0 Å². The molecule has 0 spiro atoms. The summed E-state index contributed by atoms with van der Waals surface area (Å²) in [4.78, 5) is 0. The average molecular weight is 259 g/mol. The highest BCUT2D eigenvalue weighted by Crippen LogP contribution is 2.41. The van der Waals surface area contributed by atoms with Crippen molar-refractivity contribution in [3.63, 3.8) is 0 Å². The summed E-state index contributed by atoms with van der Waals surface area (Å²) in [6.45, 7) is 3.43. The number of aryl methyl sites for hydroxylation is 1. The molecule has 2 nitrogen and oxygen atoms in total. The Morgan fingerprint density at radius 1 is 1.21 bits per heavy atom. The Labute approximate surface area is 116 Å². The minimum atomic E-state index is 0.747. The SMILES string of the molecule is COc1ccc(C2CCCC2CNC2CC2)c(C)c1. The molecule has 0 aliphatic heterocycles. The van der Waals surface area contributed by atoms with Crippen LogP contribution in [0.3, 0.4) is 0 Å². The van der Waals surface area contributed by atoms with Crippen molar-refractivity contribution in [2.75, 3.05) is 13.7 Å². The molecule has 2 heteroatoms. The van der Waals surface area contributed by atoms with Gasteiger partial charge in [-0.05, 0) is 74.2 Å². The summed E-state index contributed by atoms with van der Waals surface area (Å²) in [5.41, 5.74) is 2.93. The molecular formula is C17H25NO. The molecule has 0 bridgehead atoms. The first-order chi connectivity index (χ1) is 9.28. The molecule has 0 aromatic heterocycles. The first-order valence-electron chi connectivity index (χ1n) is 7.66. The molecule has 2 saturated carbocycles. The van der Waals surface area contributed by atoms with Gasteiger partial charge in [0.15, 0.2) is 0 Å². The van der Waals surface area contributed by atoms with Crippen molar-refractivity contribution < 1.29 is 4.74 Å². The molecule has 1 N–H and O–H groups in total. The van der Waals surface area contributed by atoms with Gasteiger partial charge in [0.1, 0.15) is 5.75 Å². The molecule has 104 valence electrons. The summed E-state index contributed by atoms with van der Waals surface area (Å²) in [5.74, 6) is 2.55. The number of hydrogen-bond donors (Lipinski definition) is 1. The van der Waals surface area contributed by atoms with Gasteiger partial charge in [-0.1, -0.05) is 12.5 Å². The van der Waals surface area contributed by atoms with Crippen LogP contribution in [-0.2, 0) is 0 Å². The van der Waals surface area contributed by atoms with Crippen molar-refractivity contribution in [2.45, 2.75) is 51.0 Å². The molecule has 0 saturated heterocycles. The summed E-state index contributed by atoms with van der Waals surface area (Å²) in [5, 5.41) is 3.72. The topological polar surface area (TPSA) is 21.3 Å². The average Bonchev–Trinajstić information content (AvgIpc) is 3.14. The number of nitrogens with one attached hydrogen (secondary N) is 1. The van der Waals surface area contributed by atoms with Gasteiger partial charge in [-0.25, -0.2) is 0 Å². The highest BCUT2D eigenvalue weighted by Gasteiger charge is 2.31. The van der Waals surface area contributed by atoms with E-state index in [1.54, 1.807) is 12.7 Å². The van der Waals surface area contributed by atoms with Crippen LogP contribution in [0, 0.1) is 12.8 Å². The normalized spacial score (nSPS) is 26.6. The fourth-order valence-electron chi connectivity index (χ4n) is 3.49. The van der Waals surface area contributed by atoms with E-state index in [0.29, 0.717) is 0 Å². The van der Waals surface area contributed by atoms with E-state index in [2.05, 4.69) is 30.4 Å². The molecule has 0 amide bonds. The molecule has 1 aromatic carbocycles. The first kappa shape index (κ1) is 13.0. The highest BCUT2D eigenvalue weighted by molar-refractivity contribution is 5.37. The minimum Gasteiger partial charge on any atom is -0.497 e. The quantitative estimate of drug-likeness (QED) is 0.871. The van der Waals surface area contributed by atoms with E-state index >= 15 is 0 Å². The van der Waals surface area contributed by atoms with Crippen molar-refractivity contribution in [1.29, 1.82) is 0 Å². The van der Waals surface area contributed by atoms with E-state index in [1.165, 1.54) is 44.2 Å². The number of ether oxygens (including phenoxy) is 1. The van der Waals surface area contributed by atoms with E-state index < -0.39 is 0 Å². The lowest BCUT2D eigenvalue weighted by Gasteiger charge is -2.22. The molecule has 19 heavy (non-hydrogen) atoms. The van der Waals surface area contributed by atoms with Crippen LogP contribution >= 0.6 is 0 Å². The van der Waals surface area contributed by atoms with Gasteiger partial charge in [-0.15, -0.1) is 0 Å². The molecule has 2 aliphatic carbocycles. The van der Waals surface area contributed by atoms with E-state index in [-0.39, 0.29) is 0 Å². The lowest BCUT2D eigenvalue weighted by Crippen LogP contribution is -2.26. The maximum Gasteiger partial charge on any atom is 0.119 e. The van der Waals surface area contributed by atoms with Crippen LogP contribution in [0.5, 0.6) is 5.75 Å². The Balaban J connectivity index is 1.71. The van der Waals surface area contributed by atoms with E-state index in [4.69, 9.17) is 4.74 Å². The van der Waals surface area contributed by atoms with Crippen LogP contribution < -0.4 is 10.1 Å². The number of benzene rings is 1. The third-order valence-electron chi connectivity index (χ3n) is 4.78. The maximum absolute atomic E-state index is 5.31. The maximum atomic E-state index is 5.31. The zero-order valence-corrected chi connectivity index (χ0v) is 12.1. The lowest BCUT2D eigenvalue weighted by molar-refractivity contribution is 0.412. The number of methoxy groups -OCH3 is 1. The molecule has 3 rings (SSSR count). The minimum absolute atomic E-state index is 0.747. The molecule has 2 unspecified atom stereocenters. The third kappa shape index (κ3) is 2.94. The van der Waals surface area contributed by atoms with E-state index in [9.17, 15) is 0 Å². The van der Waals surface area contributed by atoms with Crippen LogP contribution in [-0.4, -0.2) is 19.7 Å². The predicted octanol–water partition coefficient (Wildman–Crippen LogP) is 3.64. The largest absolute Gasteiger partial charge is 0.497 e. The number of hydrogen-bond acceptors (Lipinski definition) is 2. The second-order valence-corrected chi connectivity index (χ2v) is 6.20. The second kappa shape index (κ2) is 5.54. The highest BCUT2D eigenvalue weighted by atomic mass is 16.5. The van der Waals surface area contributed by atoms with Gasteiger partial charge in [0.05, 0.1) is 7.11 Å². The van der Waals surface area contributed by atoms with Crippen molar-refractivity contribution in [3.05, 3.63) is 29.3 Å². The zero-order valence-electron chi connectivity index (χ0n) is 12.1. The molecule has 1 aromatic rings. The smallest absolute Gasteiger partial charge is 0.119 e. The van der Waals surface area contributed by atoms with Gasteiger partial charge in [0.25, 0.3) is 0 Å². The Morgan fingerprint density at radius 3 is 2.74 bits per heavy atom. The lowest BCUT2D eigenvalue weighted by atomic mass is 9.86. The third-order valence-corrected chi connectivity index (χ3v) is 4.78. The molecule has 2 fully saturated rings. The fourth-order valence-corrected chi connectivity index (χ4v) is 3.49. The second-order valence-electron chi connectivity index (χ2n) is 6.20. The summed E-state index contributed by atoms with van der Waals surface area (Å²) in [7, 11) is 1.74. The van der Waals surface area contributed by atoms with Crippen molar-refractivity contribution in [1.82, 2.24) is 5.32 Å². The van der Waals surface area contributed by atoms with E-state index in [0.717, 1.165) is 23.6 Å². The summed E-state index contributed by atoms with van der Waals surface area (Å²) < 4.78 is 5.31. The predicted molar refractivity (Wildman–Crippen MR) is 78.8 cm³/mol. The first-order valence-corrected chi connectivity index (χ1v) is 7.66. The van der Waals surface area contributed by atoms with Gasteiger partial charge in [0, 0.05) is 6.04 Å². The summed E-state index contributed by atoms with van der Waals surface area (Å²) in [6.07, 6.45) is 6.89. The van der Waals surface area contributed by atoms with Gasteiger partial charge in [0.2, 0.25) is 0 Å². The zero-order chi connectivity index (χ0) is 13.2. The van der Waals surface area contributed by atoms with Crippen LogP contribution in [0.25, 0.3) is 0 Å². The van der Waals surface area contributed by atoms with Gasteiger partial charge >= 0.3 is 0 Å². The Hall–Kier alpha value is -1.02. The van der Waals surface area contributed by atoms with Gasteiger partial charge in [-0.3, -0.25) is 0 Å². The van der Waals surface area contributed by atoms with Crippen LogP contribution in [0.2, 0.25) is 0 Å². The van der Waals surface area contributed by atoms with Crippen LogP contribution in [0.15, 0.2) is 18.2 Å². The monoisotopic (exact) mass is 259 g/mol. The Bertz CT molecular complexity index is 439. The van der Waals surface area contributed by atoms with Gasteiger partial charge in [-0.2, -0.15) is 0 Å². The Morgan fingerprint density at radius 2 is 2.05 bits per heavy atom. The van der Waals surface area contributed by atoms with Crippen LogP contribution in [0.4, 0.5) is 0 Å². The van der Waals surface area contributed by atoms with Crippen LogP contribution in [0.1, 0.15) is 49.1 Å². The molecule has 0 radical (unpaired) electrons. The van der Waals surface area contributed by atoms with Crippen molar-refractivity contribution in [2.24, 2.45) is 5.92 Å². The van der Waals surface area contributed by atoms with Crippen molar-refractivity contribution in [3.8, 4) is 5.75 Å².